The van der Waals surface area contributed by atoms with Gasteiger partial charge in [0.1, 0.15) is 18.1 Å². The molecule has 25 heavy (non-hydrogen) atoms. The van der Waals surface area contributed by atoms with Crippen LogP contribution in [-0.2, 0) is 13.1 Å². The highest BCUT2D eigenvalue weighted by Gasteiger charge is 2.31. The zero-order valence-electron chi connectivity index (χ0n) is 13.9. The van der Waals surface area contributed by atoms with Gasteiger partial charge in [-0.05, 0) is 12.5 Å². The highest BCUT2D eigenvalue weighted by molar-refractivity contribution is 5.80. The molecule has 1 N–H and O–H groups in total. The molecule has 1 aromatic carbocycles. The van der Waals surface area contributed by atoms with E-state index in [0.29, 0.717) is 26.1 Å². The van der Waals surface area contributed by atoms with Crippen molar-refractivity contribution in [2.45, 2.75) is 31.7 Å². The van der Waals surface area contributed by atoms with E-state index in [-0.39, 0.29) is 6.04 Å². The van der Waals surface area contributed by atoms with E-state index in [2.05, 4.69) is 26.3 Å². The molecule has 0 aliphatic carbocycles. The number of aromatic nitrogens is 2. The topological polar surface area (TPSA) is 54.2 Å². The Bertz CT molecular complexity index is 822. The van der Waals surface area contributed by atoms with Crippen LogP contribution in [0.25, 0.3) is 11.0 Å². The Morgan fingerprint density at radius 3 is 2.96 bits per heavy atom. The van der Waals surface area contributed by atoms with E-state index >= 15 is 0 Å². The summed E-state index contributed by atoms with van der Waals surface area (Å²) < 4.78 is 19.5. The summed E-state index contributed by atoms with van der Waals surface area (Å²) in [7, 11) is 0. The first kappa shape index (κ1) is 16.2. The zero-order valence-corrected chi connectivity index (χ0v) is 13.9. The highest BCUT2D eigenvalue weighted by Crippen LogP contribution is 2.23. The van der Waals surface area contributed by atoms with Gasteiger partial charge in [-0.25, -0.2) is 14.4 Å². The Labute approximate surface area is 145 Å². The molecule has 1 aliphatic heterocycles. The fourth-order valence-corrected chi connectivity index (χ4v) is 3.52. The molecule has 0 saturated carbocycles. The molecule has 130 valence electrons. The van der Waals surface area contributed by atoms with Crippen LogP contribution in [-0.4, -0.2) is 40.2 Å². The third kappa shape index (κ3) is 3.70. The fraction of sp³-hybridized carbons (Fsp3) is 0.368. The molecule has 3 aromatic rings. The Kier molecular flexibility index (Phi) is 4.72. The second-order valence-electron chi connectivity index (χ2n) is 6.55. The molecule has 1 fully saturated rings. The van der Waals surface area contributed by atoms with E-state index in [4.69, 9.17) is 4.42 Å². The quantitative estimate of drug-likeness (QED) is 0.748. The molecule has 4 rings (SSSR count). The monoisotopic (exact) mass is 340 g/mol. The van der Waals surface area contributed by atoms with Gasteiger partial charge in [0.25, 0.3) is 0 Å². The lowest BCUT2D eigenvalue weighted by Gasteiger charge is -2.24. The van der Waals surface area contributed by atoms with E-state index in [1.807, 2.05) is 18.2 Å². The number of hydrogen-bond donors (Lipinski definition) is 1. The molecule has 0 spiro atoms. The lowest BCUT2D eigenvalue weighted by Crippen LogP contribution is -2.37. The van der Waals surface area contributed by atoms with Crippen molar-refractivity contribution >= 4 is 11.0 Å². The Hall–Kier alpha value is -2.31. The second-order valence-corrected chi connectivity index (χ2v) is 6.55. The van der Waals surface area contributed by atoms with Gasteiger partial charge in [-0.3, -0.25) is 4.90 Å². The normalized spacial score (nSPS) is 21.2. The predicted octanol–water partition coefficient (Wildman–Crippen LogP) is 2.93. The summed E-state index contributed by atoms with van der Waals surface area (Å²) in [5.41, 5.74) is 3.05. The van der Waals surface area contributed by atoms with E-state index in [1.165, 1.54) is 6.33 Å². The van der Waals surface area contributed by atoms with Crippen molar-refractivity contribution in [3.63, 3.8) is 0 Å². The molecular weight excluding hydrogens is 319 g/mol. The van der Waals surface area contributed by atoms with E-state index in [0.717, 1.165) is 28.6 Å². The largest absolute Gasteiger partial charge is 0.464 e. The molecule has 3 heterocycles. The van der Waals surface area contributed by atoms with Crippen LogP contribution in [0.3, 0.4) is 0 Å². The van der Waals surface area contributed by atoms with Crippen molar-refractivity contribution in [1.82, 2.24) is 20.2 Å². The zero-order chi connectivity index (χ0) is 17.1. The van der Waals surface area contributed by atoms with Crippen molar-refractivity contribution in [2.24, 2.45) is 0 Å². The number of nitrogens with zero attached hydrogens (tertiary/aromatic N) is 3. The van der Waals surface area contributed by atoms with Gasteiger partial charge in [-0.15, -0.1) is 0 Å². The number of hydrogen-bond acceptors (Lipinski definition) is 5. The van der Waals surface area contributed by atoms with Crippen LogP contribution in [0, 0.1) is 0 Å². The molecule has 0 bridgehead atoms. The van der Waals surface area contributed by atoms with Crippen LogP contribution in [0.2, 0.25) is 0 Å². The minimum absolute atomic E-state index is 0.174. The minimum Gasteiger partial charge on any atom is -0.464 e. The summed E-state index contributed by atoms with van der Waals surface area (Å²) in [6, 6.07) is 8.18. The Balaban J connectivity index is 1.36. The number of nitrogens with one attached hydrogen (secondary N) is 1. The summed E-state index contributed by atoms with van der Waals surface area (Å²) in [5.74, 6) is 0. The first-order valence-corrected chi connectivity index (χ1v) is 8.57. The molecule has 0 amide bonds. The fourth-order valence-electron chi connectivity index (χ4n) is 3.52. The van der Waals surface area contributed by atoms with Crippen molar-refractivity contribution in [1.29, 1.82) is 0 Å². The molecule has 1 aliphatic rings. The van der Waals surface area contributed by atoms with Gasteiger partial charge >= 0.3 is 0 Å². The number of halogens is 1. The number of rotatable bonds is 6. The summed E-state index contributed by atoms with van der Waals surface area (Å²) in [4.78, 5) is 10.2. The second kappa shape index (κ2) is 7.29. The molecule has 2 atom stereocenters. The molecule has 0 radical (unpaired) electrons. The van der Waals surface area contributed by atoms with Crippen LogP contribution < -0.4 is 5.32 Å². The average molecular weight is 340 g/mol. The van der Waals surface area contributed by atoms with E-state index in [1.54, 1.807) is 18.7 Å². The van der Waals surface area contributed by atoms with Gasteiger partial charge in [0.05, 0.1) is 6.26 Å². The predicted molar refractivity (Wildman–Crippen MR) is 93.7 cm³/mol. The number of furan rings is 1. The summed E-state index contributed by atoms with van der Waals surface area (Å²) >= 11 is 0. The van der Waals surface area contributed by atoms with Gasteiger partial charge in [0.15, 0.2) is 0 Å². The molecule has 0 unspecified atom stereocenters. The maximum absolute atomic E-state index is 13.9. The summed E-state index contributed by atoms with van der Waals surface area (Å²) in [6.45, 7) is 2.61. The molecule has 2 aromatic heterocycles. The Morgan fingerprint density at radius 2 is 2.08 bits per heavy atom. The molecule has 6 heteroatoms. The first-order valence-electron chi connectivity index (χ1n) is 8.57. The van der Waals surface area contributed by atoms with Gasteiger partial charge in [-0.1, -0.05) is 18.2 Å². The van der Waals surface area contributed by atoms with Gasteiger partial charge in [-0.2, -0.15) is 0 Å². The smallest absolute Gasteiger partial charge is 0.134 e. The van der Waals surface area contributed by atoms with Crippen LogP contribution in [0.4, 0.5) is 4.39 Å². The molecule has 1 saturated heterocycles. The SMILES string of the molecule is F[C@H]1C[C@@H](CNCc2coc3ccccc23)N(Cc2cncnc2)C1. The standard InChI is InChI=1S/C19H21FN4O/c20-16-5-17(24(11-16)10-14-6-22-13-23-7-14)9-21-8-15-12-25-19-4-2-1-3-18(15)19/h1-4,6-7,12-13,16-17,21H,5,8-11H2/t16-,17-/m0/s1. The van der Waals surface area contributed by atoms with Gasteiger partial charge in [0, 0.05) is 61.1 Å². The van der Waals surface area contributed by atoms with Crippen molar-refractivity contribution in [3.8, 4) is 0 Å². The maximum Gasteiger partial charge on any atom is 0.134 e. The van der Waals surface area contributed by atoms with E-state index < -0.39 is 6.17 Å². The third-order valence-electron chi connectivity index (χ3n) is 4.73. The number of para-hydroxylation sites is 1. The van der Waals surface area contributed by atoms with Crippen molar-refractivity contribution in [2.75, 3.05) is 13.1 Å². The minimum atomic E-state index is -0.772. The van der Waals surface area contributed by atoms with Crippen LogP contribution in [0.1, 0.15) is 17.5 Å². The summed E-state index contributed by atoms with van der Waals surface area (Å²) in [6.07, 6.45) is 6.68. The van der Waals surface area contributed by atoms with Crippen LogP contribution >= 0.6 is 0 Å². The number of benzene rings is 1. The number of likely N-dealkylation sites (tertiary alicyclic amines) is 1. The lowest BCUT2D eigenvalue weighted by atomic mass is 10.1. The van der Waals surface area contributed by atoms with E-state index in [9.17, 15) is 4.39 Å². The Morgan fingerprint density at radius 1 is 1.24 bits per heavy atom. The summed E-state index contributed by atoms with van der Waals surface area (Å²) in [5, 5.41) is 4.59. The molecule has 5 nitrogen and oxygen atoms in total. The van der Waals surface area contributed by atoms with Crippen LogP contribution in [0.5, 0.6) is 0 Å². The van der Waals surface area contributed by atoms with Crippen molar-refractivity contribution in [3.05, 3.63) is 60.4 Å². The average Bonchev–Trinajstić information content (AvgIpc) is 3.20. The third-order valence-corrected chi connectivity index (χ3v) is 4.73. The first-order chi connectivity index (χ1) is 12.3. The van der Waals surface area contributed by atoms with Crippen LogP contribution in [0.15, 0.2) is 53.7 Å². The van der Waals surface area contributed by atoms with Crippen molar-refractivity contribution < 1.29 is 8.81 Å². The number of alkyl halides is 1. The van der Waals surface area contributed by atoms with Gasteiger partial charge in [0.2, 0.25) is 0 Å². The lowest BCUT2D eigenvalue weighted by molar-refractivity contribution is 0.229. The van der Waals surface area contributed by atoms with Gasteiger partial charge < -0.3 is 9.73 Å². The highest BCUT2D eigenvalue weighted by atomic mass is 19.1. The molecular formula is C19H21FN4O. The number of fused-ring (bicyclic) bond motifs is 1. The maximum atomic E-state index is 13.9.